The van der Waals surface area contributed by atoms with Crippen LogP contribution in [0.25, 0.3) is 11.1 Å². The van der Waals surface area contributed by atoms with Gasteiger partial charge in [-0.1, -0.05) is 82.3 Å². The summed E-state index contributed by atoms with van der Waals surface area (Å²) in [6, 6.07) is 21.8. The Bertz CT molecular complexity index is 1120. The monoisotopic (exact) mass is 502 g/mol. The minimum absolute atomic E-state index is 0.189. The van der Waals surface area contributed by atoms with Crippen LogP contribution < -0.4 is 9.47 Å². The number of carbonyl (C=O) groups excluding carboxylic acids is 2. The molecule has 0 fully saturated rings. The molecule has 1 unspecified atom stereocenters. The average molecular weight is 503 g/mol. The van der Waals surface area contributed by atoms with E-state index < -0.39 is 11.9 Å². The first-order chi connectivity index (χ1) is 18.0. The minimum Gasteiger partial charge on any atom is -0.494 e. The van der Waals surface area contributed by atoms with Crippen LogP contribution in [0.2, 0.25) is 0 Å². The highest BCUT2D eigenvalue weighted by Gasteiger charge is 2.19. The maximum absolute atomic E-state index is 12.8. The third-order valence-corrected chi connectivity index (χ3v) is 6.16. The molecule has 0 saturated carbocycles. The fraction of sp³-hybridized carbons (Fsp3) is 0.375. The van der Waals surface area contributed by atoms with Crippen molar-refractivity contribution in [1.29, 1.82) is 0 Å². The first-order valence-electron chi connectivity index (χ1n) is 13.4. The molecule has 0 bridgehead atoms. The summed E-state index contributed by atoms with van der Waals surface area (Å²) in [5, 5.41) is 0. The summed E-state index contributed by atoms with van der Waals surface area (Å²) < 4.78 is 16.9. The normalized spacial score (nSPS) is 11.5. The number of esters is 2. The topological polar surface area (TPSA) is 61.8 Å². The zero-order valence-electron chi connectivity index (χ0n) is 22.2. The molecule has 0 N–H and O–H groups in total. The third kappa shape index (κ3) is 8.78. The number of rotatable bonds is 14. The first-order valence-corrected chi connectivity index (χ1v) is 13.4. The molecule has 0 aromatic heterocycles. The van der Waals surface area contributed by atoms with Gasteiger partial charge in [0, 0.05) is 0 Å². The SMILES string of the molecule is CCCCCCOc1ccc(-c2ccc(C(=O)Oc3ccccc3C(=O)OC(C)CCCC)cc2)cc1. The molecule has 1 atom stereocenters. The van der Waals surface area contributed by atoms with E-state index in [-0.39, 0.29) is 17.4 Å². The summed E-state index contributed by atoms with van der Waals surface area (Å²) in [4.78, 5) is 25.5. The number of para-hydroxylation sites is 1. The second-order valence-electron chi connectivity index (χ2n) is 9.25. The summed E-state index contributed by atoms with van der Waals surface area (Å²) in [5.74, 6) is 0.0281. The van der Waals surface area contributed by atoms with Crippen LogP contribution in [-0.2, 0) is 4.74 Å². The molecule has 0 saturated heterocycles. The van der Waals surface area contributed by atoms with E-state index >= 15 is 0 Å². The van der Waals surface area contributed by atoms with Gasteiger partial charge in [0.25, 0.3) is 0 Å². The lowest BCUT2D eigenvalue weighted by molar-refractivity contribution is 0.0316. The van der Waals surface area contributed by atoms with Gasteiger partial charge in [0.05, 0.1) is 18.3 Å². The van der Waals surface area contributed by atoms with E-state index in [1.807, 2.05) is 43.3 Å². The Labute approximate surface area is 220 Å². The summed E-state index contributed by atoms with van der Waals surface area (Å²) in [5.41, 5.74) is 2.65. The number of carbonyl (C=O) groups is 2. The minimum atomic E-state index is -0.530. The molecule has 0 radical (unpaired) electrons. The average Bonchev–Trinajstić information content (AvgIpc) is 2.92. The number of unbranched alkanes of at least 4 members (excludes halogenated alkanes) is 4. The van der Waals surface area contributed by atoms with Crippen molar-refractivity contribution in [2.24, 2.45) is 0 Å². The van der Waals surface area contributed by atoms with Crippen LogP contribution in [0, 0.1) is 0 Å². The molecule has 3 aromatic carbocycles. The summed E-state index contributed by atoms with van der Waals surface area (Å²) >= 11 is 0. The number of hydrogen-bond acceptors (Lipinski definition) is 5. The fourth-order valence-electron chi connectivity index (χ4n) is 3.94. The standard InChI is InChI=1S/C32H38O5/c1-4-6-8-11-23-35-28-21-19-26(20-22-28)25-15-17-27(18-16-25)31(33)37-30-14-10-9-13-29(30)32(34)36-24(3)12-7-5-2/h9-10,13-22,24H,4-8,11-12,23H2,1-3H3. The molecule has 3 aromatic rings. The lowest BCUT2D eigenvalue weighted by Crippen LogP contribution is -2.17. The molecule has 37 heavy (non-hydrogen) atoms. The van der Waals surface area contributed by atoms with Crippen molar-refractivity contribution >= 4 is 11.9 Å². The van der Waals surface area contributed by atoms with E-state index in [0.29, 0.717) is 5.56 Å². The Balaban J connectivity index is 1.59. The van der Waals surface area contributed by atoms with Gasteiger partial charge < -0.3 is 14.2 Å². The van der Waals surface area contributed by atoms with Gasteiger partial charge >= 0.3 is 11.9 Å². The van der Waals surface area contributed by atoms with Gasteiger partial charge in [0.1, 0.15) is 17.1 Å². The van der Waals surface area contributed by atoms with Crippen molar-refractivity contribution in [2.75, 3.05) is 6.61 Å². The van der Waals surface area contributed by atoms with Crippen LogP contribution >= 0.6 is 0 Å². The predicted molar refractivity (Wildman–Crippen MR) is 147 cm³/mol. The Hall–Kier alpha value is -3.60. The quantitative estimate of drug-likeness (QED) is 0.126. The van der Waals surface area contributed by atoms with Gasteiger partial charge in [-0.2, -0.15) is 0 Å². The zero-order chi connectivity index (χ0) is 26.5. The highest BCUT2D eigenvalue weighted by molar-refractivity contribution is 5.96. The van der Waals surface area contributed by atoms with E-state index in [1.54, 1.807) is 36.4 Å². The Morgan fingerprint density at radius 1 is 0.730 bits per heavy atom. The zero-order valence-corrected chi connectivity index (χ0v) is 22.2. The molecule has 5 nitrogen and oxygen atoms in total. The van der Waals surface area contributed by atoms with Gasteiger partial charge in [-0.3, -0.25) is 0 Å². The molecule has 0 aliphatic rings. The van der Waals surface area contributed by atoms with Crippen LogP contribution in [-0.4, -0.2) is 24.6 Å². The molecule has 0 aliphatic heterocycles. The summed E-state index contributed by atoms with van der Waals surface area (Å²) in [6.45, 7) is 6.90. The van der Waals surface area contributed by atoms with Crippen LogP contribution in [0.5, 0.6) is 11.5 Å². The van der Waals surface area contributed by atoms with Gasteiger partial charge in [0.2, 0.25) is 0 Å². The summed E-state index contributed by atoms with van der Waals surface area (Å²) in [6.07, 6.45) is 7.33. The Kier molecular flexibility index (Phi) is 11.2. The second-order valence-corrected chi connectivity index (χ2v) is 9.25. The molecule has 0 amide bonds. The maximum Gasteiger partial charge on any atom is 0.343 e. The van der Waals surface area contributed by atoms with E-state index in [2.05, 4.69) is 13.8 Å². The van der Waals surface area contributed by atoms with E-state index in [4.69, 9.17) is 14.2 Å². The molecule has 3 rings (SSSR count). The van der Waals surface area contributed by atoms with Gasteiger partial charge in [-0.15, -0.1) is 0 Å². The van der Waals surface area contributed by atoms with Crippen molar-refractivity contribution in [2.45, 2.75) is 71.8 Å². The van der Waals surface area contributed by atoms with Crippen molar-refractivity contribution < 1.29 is 23.8 Å². The number of benzene rings is 3. The first kappa shape index (κ1) is 28.0. The van der Waals surface area contributed by atoms with Crippen LogP contribution in [0.4, 0.5) is 0 Å². The second kappa shape index (κ2) is 14.8. The molecule has 0 heterocycles. The largest absolute Gasteiger partial charge is 0.494 e. The van der Waals surface area contributed by atoms with E-state index in [1.165, 1.54) is 19.3 Å². The Morgan fingerprint density at radius 2 is 1.38 bits per heavy atom. The number of ether oxygens (including phenoxy) is 3. The predicted octanol–water partition coefficient (Wildman–Crippen LogP) is 8.27. The van der Waals surface area contributed by atoms with Crippen molar-refractivity contribution in [1.82, 2.24) is 0 Å². The molecule has 5 heteroatoms. The van der Waals surface area contributed by atoms with Gasteiger partial charge in [-0.05, 0) is 67.3 Å². The van der Waals surface area contributed by atoms with Crippen LogP contribution in [0.3, 0.4) is 0 Å². The molecule has 196 valence electrons. The molecule has 0 spiro atoms. The van der Waals surface area contributed by atoms with E-state index in [9.17, 15) is 9.59 Å². The van der Waals surface area contributed by atoms with Crippen LogP contribution in [0.15, 0.2) is 72.8 Å². The maximum atomic E-state index is 12.8. The summed E-state index contributed by atoms with van der Waals surface area (Å²) in [7, 11) is 0. The van der Waals surface area contributed by atoms with Gasteiger partial charge in [-0.25, -0.2) is 9.59 Å². The lowest BCUT2D eigenvalue weighted by atomic mass is 10.0. The fourth-order valence-corrected chi connectivity index (χ4v) is 3.94. The van der Waals surface area contributed by atoms with Crippen molar-refractivity contribution in [3.05, 3.63) is 83.9 Å². The Morgan fingerprint density at radius 3 is 2.05 bits per heavy atom. The van der Waals surface area contributed by atoms with E-state index in [0.717, 1.165) is 49.2 Å². The van der Waals surface area contributed by atoms with Crippen molar-refractivity contribution in [3.63, 3.8) is 0 Å². The molecule has 0 aliphatic carbocycles. The van der Waals surface area contributed by atoms with Crippen molar-refractivity contribution in [3.8, 4) is 22.6 Å². The highest BCUT2D eigenvalue weighted by atomic mass is 16.6. The molecular formula is C32H38O5. The van der Waals surface area contributed by atoms with Crippen LogP contribution in [0.1, 0.15) is 86.4 Å². The van der Waals surface area contributed by atoms with Gasteiger partial charge in [0.15, 0.2) is 0 Å². The smallest absolute Gasteiger partial charge is 0.343 e. The number of hydrogen-bond donors (Lipinski definition) is 0. The molecular weight excluding hydrogens is 464 g/mol. The third-order valence-electron chi connectivity index (χ3n) is 6.16. The highest BCUT2D eigenvalue weighted by Crippen LogP contribution is 2.25. The lowest BCUT2D eigenvalue weighted by Gasteiger charge is -2.14.